The number of hydrogen-bond donors (Lipinski definition) is 1. The molecule has 208 valence electrons. The molecule has 1 aliphatic heterocycles. The second-order valence-electron chi connectivity index (χ2n) is 9.45. The minimum atomic E-state index is -3.98. The Balaban J connectivity index is 1.42. The third-order valence-electron chi connectivity index (χ3n) is 6.68. The number of nitrogens with one attached hydrogen (secondary N) is 1. The van der Waals surface area contributed by atoms with Gasteiger partial charge in [0.2, 0.25) is 6.10 Å². The lowest BCUT2D eigenvalue weighted by molar-refractivity contribution is -0.384. The number of sulfonamides is 1. The Labute approximate surface area is 236 Å². The first-order chi connectivity index (χ1) is 19.6. The summed E-state index contributed by atoms with van der Waals surface area (Å²) < 4.78 is 33.9. The van der Waals surface area contributed by atoms with E-state index in [1.807, 2.05) is 12.1 Å². The van der Waals surface area contributed by atoms with Gasteiger partial charge in [-0.25, -0.2) is 13.2 Å². The zero-order chi connectivity index (χ0) is 29.1. The Bertz CT molecular complexity index is 1760. The molecule has 1 atom stereocenters. The summed E-state index contributed by atoms with van der Waals surface area (Å²) in [6, 6.07) is 25.2. The van der Waals surface area contributed by atoms with Crippen LogP contribution in [0.4, 0.5) is 17.1 Å². The van der Waals surface area contributed by atoms with Gasteiger partial charge in [0.1, 0.15) is 5.69 Å². The summed E-state index contributed by atoms with van der Waals surface area (Å²) >= 11 is 0. The van der Waals surface area contributed by atoms with Crippen molar-refractivity contribution in [2.45, 2.75) is 24.3 Å². The fourth-order valence-electron chi connectivity index (χ4n) is 4.64. The third kappa shape index (κ3) is 5.66. The summed E-state index contributed by atoms with van der Waals surface area (Å²) in [7, 11) is -3.98. The number of carbonyl (C=O) groups excluding carboxylic acids is 2. The quantitative estimate of drug-likeness (QED) is 0.175. The number of hydrogen-bond acceptors (Lipinski definition) is 7. The smallest absolute Gasteiger partial charge is 0.339 e. The number of nitro groups is 1. The number of fused-ring (bicyclic) bond motifs is 1. The van der Waals surface area contributed by atoms with Crippen molar-refractivity contribution in [2.24, 2.45) is 0 Å². The van der Waals surface area contributed by atoms with Crippen LogP contribution in [-0.2, 0) is 26.0 Å². The zero-order valence-corrected chi connectivity index (χ0v) is 22.7. The van der Waals surface area contributed by atoms with Gasteiger partial charge < -0.3 is 10.1 Å². The van der Waals surface area contributed by atoms with Crippen molar-refractivity contribution < 1.29 is 27.7 Å². The SMILES string of the molecule is Cc1ccc(NC(=O)C(OC(=O)c2cccc(S(=O)(=O)N3CCc4ccccc43)c2)c2ccccc2)c([N+](=O)[O-])c1. The predicted octanol–water partition coefficient (Wildman–Crippen LogP) is 5.19. The summed E-state index contributed by atoms with van der Waals surface area (Å²) in [6.07, 6.45) is -0.903. The van der Waals surface area contributed by atoms with Crippen LogP contribution in [0.3, 0.4) is 0 Å². The molecule has 4 aromatic rings. The molecule has 0 saturated carbocycles. The molecule has 0 spiro atoms. The molecule has 0 fully saturated rings. The van der Waals surface area contributed by atoms with E-state index in [4.69, 9.17) is 4.74 Å². The molecule has 0 aromatic heterocycles. The third-order valence-corrected chi connectivity index (χ3v) is 8.48. The number of nitrogens with zero attached hydrogens (tertiary/aromatic N) is 2. The van der Waals surface area contributed by atoms with Gasteiger partial charge >= 0.3 is 5.97 Å². The Hall–Kier alpha value is -5.03. The van der Waals surface area contributed by atoms with Gasteiger partial charge in [-0.1, -0.05) is 60.7 Å². The lowest BCUT2D eigenvalue weighted by atomic mass is 10.1. The largest absolute Gasteiger partial charge is 0.444 e. The van der Waals surface area contributed by atoms with Crippen molar-refractivity contribution in [3.05, 3.63) is 129 Å². The summed E-state index contributed by atoms with van der Waals surface area (Å²) in [5.41, 5.74) is 2.02. The molecule has 1 heterocycles. The number of amides is 1. The first-order valence-corrected chi connectivity index (χ1v) is 14.1. The standard InChI is InChI=1S/C30H25N3O7S/c1-20-14-15-25(27(18-20)33(36)37)31-29(34)28(22-9-3-2-4-10-22)40-30(35)23-11-7-12-24(19-23)41(38,39)32-17-16-21-8-5-6-13-26(21)32/h2-15,18-19,28H,16-17H2,1H3,(H,31,34). The fourth-order valence-corrected chi connectivity index (χ4v) is 6.19. The summed E-state index contributed by atoms with van der Waals surface area (Å²) in [4.78, 5) is 37.5. The molecule has 10 nitrogen and oxygen atoms in total. The van der Waals surface area contributed by atoms with Gasteiger partial charge in [-0.3, -0.25) is 19.2 Å². The van der Waals surface area contributed by atoms with Gasteiger partial charge in [0.05, 0.1) is 21.1 Å². The van der Waals surface area contributed by atoms with E-state index in [9.17, 15) is 28.1 Å². The van der Waals surface area contributed by atoms with E-state index in [0.717, 1.165) is 5.56 Å². The monoisotopic (exact) mass is 571 g/mol. The maximum atomic E-state index is 13.5. The Kier molecular flexibility index (Phi) is 7.54. The number of nitro benzene ring substituents is 1. The van der Waals surface area contributed by atoms with Crippen molar-refractivity contribution in [2.75, 3.05) is 16.2 Å². The lowest BCUT2D eigenvalue weighted by Gasteiger charge is -2.20. The molecule has 41 heavy (non-hydrogen) atoms. The van der Waals surface area contributed by atoms with Gasteiger partial charge in [0.15, 0.2) is 0 Å². The average Bonchev–Trinajstić information content (AvgIpc) is 3.42. The van der Waals surface area contributed by atoms with E-state index in [1.54, 1.807) is 55.5 Å². The molecule has 0 radical (unpaired) electrons. The topological polar surface area (TPSA) is 136 Å². The minimum absolute atomic E-state index is 0.0541. The first kappa shape index (κ1) is 27.5. The molecule has 11 heteroatoms. The summed E-state index contributed by atoms with van der Waals surface area (Å²) in [5, 5.41) is 14.0. The van der Waals surface area contributed by atoms with Gasteiger partial charge in [-0.05, 0) is 54.8 Å². The van der Waals surface area contributed by atoms with Crippen molar-refractivity contribution >= 4 is 39.0 Å². The number of para-hydroxylation sites is 1. The van der Waals surface area contributed by atoms with Crippen LogP contribution in [0.1, 0.15) is 33.2 Å². The first-order valence-electron chi connectivity index (χ1n) is 12.7. The van der Waals surface area contributed by atoms with Crippen LogP contribution >= 0.6 is 0 Å². The number of carbonyl (C=O) groups is 2. The molecular formula is C30H25N3O7S. The normalized spacial score (nSPS) is 13.2. The van der Waals surface area contributed by atoms with Gasteiger partial charge in [-0.2, -0.15) is 0 Å². The Morgan fingerprint density at radius 2 is 1.68 bits per heavy atom. The fraction of sp³-hybridized carbons (Fsp3) is 0.133. The Morgan fingerprint density at radius 3 is 2.44 bits per heavy atom. The molecule has 5 rings (SSSR count). The van der Waals surface area contributed by atoms with Crippen molar-refractivity contribution in [3.8, 4) is 0 Å². The molecule has 0 bridgehead atoms. The van der Waals surface area contributed by atoms with Gasteiger partial charge in [0, 0.05) is 18.2 Å². The maximum absolute atomic E-state index is 13.5. The summed E-state index contributed by atoms with van der Waals surface area (Å²) in [5.74, 6) is -1.75. The Morgan fingerprint density at radius 1 is 0.951 bits per heavy atom. The number of benzene rings is 4. The van der Waals surface area contributed by atoms with Crippen LogP contribution in [-0.4, -0.2) is 31.8 Å². The van der Waals surface area contributed by atoms with Crippen LogP contribution in [0.5, 0.6) is 0 Å². The lowest BCUT2D eigenvalue weighted by Crippen LogP contribution is -2.29. The van der Waals surface area contributed by atoms with Crippen LogP contribution in [0.25, 0.3) is 0 Å². The number of aryl methyl sites for hydroxylation is 1. The van der Waals surface area contributed by atoms with Gasteiger partial charge in [0.25, 0.3) is 21.6 Å². The van der Waals surface area contributed by atoms with E-state index in [0.29, 0.717) is 23.2 Å². The molecule has 1 N–H and O–H groups in total. The van der Waals surface area contributed by atoms with E-state index in [1.165, 1.54) is 40.7 Å². The van der Waals surface area contributed by atoms with Crippen molar-refractivity contribution in [3.63, 3.8) is 0 Å². The van der Waals surface area contributed by atoms with Crippen molar-refractivity contribution in [1.29, 1.82) is 0 Å². The molecule has 0 saturated heterocycles. The summed E-state index contributed by atoms with van der Waals surface area (Å²) in [6.45, 7) is 1.96. The van der Waals surface area contributed by atoms with Crippen LogP contribution in [0.2, 0.25) is 0 Å². The second kappa shape index (κ2) is 11.2. The molecule has 1 aliphatic rings. The molecular weight excluding hydrogens is 546 g/mol. The molecule has 1 amide bonds. The molecule has 4 aromatic carbocycles. The highest BCUT2D eigenvalue weighted by Crippen LogP contribution is 2.33. The van der Waals surface area contributed by atoms with Crippen LogP contribution in [0.15, 0.2) is 102 Å². The van der Waals surface area contributed by atoms with Crippen LogP contribution in [0, 0.1) is 17.0 Å². The highest BCUT2D eigenvalue weighted by atomic mass is 32.2. The maximum Gasteiger partial charge on any atom is 0.339 e. The molecule has 0 aliphatic carbocycles. The van der Waals surface area contributed by atoms with Gasteiger partial charge in [-0.15, -0.1) is 0 Å². The number of rotatable bonds is 8. The number of ether oxygens (including phenoxy) is 1. The predicted molar refractivity (Wildman–Crippen MR) is 152 cm³/mol. The van der Waals surface area contributed by atoms with Crippen LogP contribution < -0.4 is 9.62 Å². The van der Waals surface area contributed by atoms with E-state index in [2.05, 4.69) is 5.32 Å². The number of esters is 1. The van der Waals surface area contributed by atoms with E-state index in [-0.39, 0.29) is 28.4 Å². The highest BCUT2D eigenvalue weighted by molar-refractivity contribution is 7.92. The van der Waals surface area contributed by atoms with Crippen molar-refractivity contribution in [1.82, 2.24) is 0 Å². The second-order valence-corrected chi connectivity index (χ2v) is 11.3. The highest BCUT2D eigenvalue weighted by Gasteiger charge is 2.32. The van der Waals surface area contributed by atoms with E-state index < -0.39 is 32.9 Å². The minimum Gasteiger partial charge on any atom is -0.444 e. The number of anilines is 2. The van der Waals surface area contributed by atoms with E-state index >= 15 is 0 Å². The zero-order valence-electron chi connectivity index (χ0n) is 21.9. The molecule has 1 unspecified atom stereocenters. The average molecular weight is 572 g/mol.